The van der Waals surface area contributed by atoms with Crippen molar-refractivity contribution in [2.45, 2.75) is 26.7 Å². The van der Waals surface area contributed by atoms with Crippen molar-refractivity contribution in [3.63, 3.8) is 0 Å². The zero-order chi connectivity index (χ0) is 12.0. The van der Waals surface area contributed by atoms with Crippen LogP contribution in [0, 0.1) is 0 Å². The summed E-state index contributed by atoms with van der Waals surface area (Å²) in [5, 5.41) is 3.20. The van der Waals surface area contributed by atoms with Crippen molar-refractivity contribution in [1.82, 2.24) is 10.1 Å². The fourth-order valence-electron chi connectivity index (χ4n) is 1.27. The Kier molecular flexibility index (Phi) is 5.21. The van der Waals surface area contributed by atoms with E-state index in [0.717, 1.165) is 0 Å². The van der Waals surface area contributed by atoms with Crippen molar-refractivity contribution >= 4 is 11.9 Å². The lowest BCUT2D eigenvalue weighted by Gasteiger charge is -2.31. The van der Waals surface area contributed by atoms with E-state index in [4.69, 9.17) is 9.68 Å². The summed E-state index contributed by atoms with van der Waals surface area (Å²) in [5.41, 5.74) is 0. The molecule has 16 heavy (non-hydrogen) atoms. The number of carbonyl (C=O) groups excluding carboxylic acids is 2. The van der Waals surface area contributed by atoms with Gasteiger partial charge in [0.2, 0.25) is 0 Å². The molecule has 0 spiro atoms. The standard InChI is InChI=1S/C10H18N2O4/c1-3-9(13)15-11-5-7-12(8-6-11)16-10(14)4-2/h3-8H2,1-2H3. The molecular weight excluding hydrogens is 212 g/mol. The monoisotopic (exact) mass is 230 g/mol. The molecule has 0 N–H and O–H groups in total. The maximum atomic E-state index is 11.0. The van der Waals surface area contributed by atoms with Crippen molar-refractivity contribution in [3.05, 3.63) is 0 Å². The molecule has 92 valence electrons. The highest BCUT2D eigenvalue weighted by molar-refractivity contribution is 5.68. The van der Waals surface area contributed by atoms with Gasteiger partial charge in [-0.05, 0) is 0 Å². The fourth-order valence-corrected chi connectivity index (χ4v) is 1.27. The minimum absolute atomic E-state index is 0.237. The Balaban J connectivity index is 2.23. The lowest BCUT2D eigenvalue weighted by atomic mass is 10.4. The Bertz CT molecular complexity index is 223. The average molecular weight is 230 g/mol. The fraction of sp³-hybridized carbons (Fsp3) is 0.800. The summed E-state index contributed by atoms with van der Waals surface area (Å²) in [4.78, 5) is 32.1. The predicted molar refractivity (Wildman–Crippen MR) is 55.9 cm³/mol. The normalized spacial score (nSPS) is 18.1. The van der Waals surface area contributed by atoms with E-state index in [1.165, 1.54) is 0 Å². The van der Waals surface area contributed by atoms with Crippen molar-refractivity contribution in [1.29, 1.82) is 0 Å². The Morgan fingerprint density at radius 1 is 0.875 bits per heavy atom. The van der Waals surface area contributed by atoms with Crippen LogP contribution in [-0.2, 0) is 19.3 Å². The third-order valence-electron chi connectivity index (χ3n) is 2.24. The molecule has 0 aromatic heterocycles. The van der Waals surface area contributed by atoms with E-state index in [1.807, 2.05) is 0 Å². The zero-order valence-electron chi connectivity index (χ0n) is 9.77. The minimum atomic E-state index is -0.237. The van der Waals surface area contributed by atoms with Crippen molar-refractivity contribution in [2.24, 2.45) is 0 Å². The van der Waals surface area contributed by atoms with Crippen LogP contribution in [0.5, 0.6) is 0 Å². The van der Waals surface area contributed by atoms with E-state index in [-0.39, 0.29) is 11.9 Å². The molecule has 0 amide bonds. The number of piperazine rings is 1. The quantitative estimate of drug-likeness (QED) is 0.694. The Hall–Kier alpha value is -1.14. The summed E-state index contributed by atoms with van der Waals surface area (Å²) in [6.45, 7) is 5.74. The number of hydrogen-bond donors (Lipinski definition) is 0. The van der Waals surface area contributed by atoms with Gasteiger partial charge in [0, 0.05) is 12.8 Å². The molecule has 0 aromatic carbocycles. The van der Waals surface area contributed by atoms with Gasteiger partial charge in [-0.1, -0.05) is 13.8 Å². The van der Waals surface area contributed by atoms with Gasteiger partial charge >= 0.3 is 11.9 Å². The Morgan fingerprint density at radius 3 is 1.44 bits per heavy atom. The molecule has 0 bridgehead atoms. The van der Waals surface area contributed by atoms with Gasteiger partial charge in [-0.2, -0.15) is 0 Å². The van der Waals surface area contributed by atoms with Crippen LogP contribution in [0.4, 0.5) is 0 Å². The van der Waals surface area contributed by atoms with E-state index >= 15 is 0 Å². The van der Waals surface area contributed by atoms with E-state index in [0.29, 0.717) is 39.0 Å². The molecule has 1 rings (SSSR count). The van der Waals surface area contributed by atoms with Crippen LogP contribution < -0.4 is 0 Å². The van der Waals surface area contributed by atoms with Gasteiger partial charge in [-0.15, -0.1) is 10.1 Å². The van der Waals surface area contributed by atoms with Crippen LogP contribution in [0.25, 0.3) is 0 Å². The van der Waals surface area contributed by atoms with Gasteiger partial charge in [0.05, 0.1) is 26.2 Å². The maximum Gasteiger partial charge on any atom is 0.324 e. The zero-order valence-corrected chi connectivity index (χ0v) is 9.77. The summed E-state index contributed by atoms with van der Waals surface area (Å²) in [5.74, 6) is -0.474. The molecule has 1 fully saturated rings. The van der Waals surface area contributed by atoms with E-state index in [2.05, 4.69) is 0 Å². The highest BCUT2D eigenvalue weighted by Gasteiger charge is 2.21. The van der Waals surface area contributed by atoms with E-state index < -0.39 is 0 Å². The van der Waals surface area contributed by atoms with Gasteiger partial charge < -0.3 is 9.68 Å². The molecule has 1 aliphatic rings. The molecule has 0 atom stereocenters. The van der Waals surface area contributed by atoms with Gasteiger partial charge in [0.15, 0.2) is 0 Å². The first-order chi connectivity index (χ1) is 7.65. The second-order valence-electron chi connectivity index (χ2n) is 3.49. The average Bonchev–Trinajstić information content (AvgIpc) is 2.31. The summed E-state index contributed by atoms with van der Waals surface area (Å²) < 4.78 is 0. The highest BCUT2D eigenvalue weighted by atomic mass is 16.7. The first kappa shape index (κ1) is 12.9. The third kappa shape index (κ3) is 4.16. The van der Waals surface area contributed by atoms with Gasteiger partial charge in [-0.3, -0.25) is 9.59 Å². The topological polar surface area (TPSA) is 59.1 Å². The lowest BCUT2D eigenvalue weighted by molar-refractivity contribution is -0.231. The number of rotatable bonds is 4. The molecule has 1 saturated heterocycles. The second-order valence-corrected chi connectivity index (χ2v) is 3.49. The molecular formula is C10H18N2O4. The predicted octanol–water partition coefficient (Wildman–Crippen LogP) is 0.340. The van der Waals surface area contributed by atoms with E-state index in [1.54, 1.807) is 24.0 Å². The van der Waals surface area contributed by atoms with Gasteiger partial charge in [-0.25, -0.2) is 0 Å². The molecule has 6 heteroatoms. The number of carbonyl (C=O) groups is 2. The molecule has 1 heterocycles. The SMILES string of the molecule is CCC(=O)ON1CCN(OC(=O)CC)CC1. The molecule has 0 aliphatic carbocycles. The Morgan fingerprint density at radius 2 is 1.19 bits per heavy atom. The largest absolute Gasteiger partial charge is 0.368 e. The number of hydrogen-bond acceptors (Lipinski definition) is 6. The van der Waals surface area contributed by atoms with Crippen LogP contribution >= 0.6 is 0 Å². The molecule has 0 saturated carbocycles. The Labute approximate surface area is 95.0 Å². The molecule has 0 radical (unpaired) electrons. The maximum absolute atomic E-state index is 11.0. The molecule has 0 unspecified atom stereocenters. The van der Waals surface area contributed by atoms with Crippen LogP contribution in [-0.4, -0.2) is 48.2 Å². The molecule has 0 aromatic rings. The summed E-state index contributed by atoms with van der Waals surface area (Å²) in [6, 6.07) is 0. The minimum Gasteiger partial charge on any atom is -0.368 e. The van der Waals surface area contributed by atoms with Crippen LogP contribution in [0.2, 0.25) is 0 Å². The highest BCUT2D eigenvalue weighted by Crippen LogP contribution is 2.04. The van der Waals surface area contributed by atoms with Crippen LogP contribution in [0.15, 0.2) is 0 Å². The van der Waals surface area contributed by atoms with Crippen molar-refractivity contribution < 1.29 is 19.3 Å². The van der Waals surface area contributed by atoms with Crippen molar-refractivity contribution in [2.75, 3.05) is 26.2 Å². The molecule has 1 aliphatic heterocycles. The summed E-state index contributed by atoms with van der Waals surface area (Å²) in [7, 11) is 0. The third-order valence-corrected chi connectivity index (χ3v) is 2.24. The first-order valence-electron chi connectivity index (χ1n) is 5.57. The first-order valence-corrected chi connectivity index (χ1v) is 5.57. The van der Waals surface area contributed by atoms with Crippen LogP contribution in [0.1, 0.15) is 26.7 Å². The smallest absolute Gasteiger partial charge is 0.324 e. The van der Waals surface area contributed by atoms with E-state index in [9.17, 15) is 9.59 Å². The van der Waals surface area contributed by atoms with Crippen molar-refractivity contribution in [3.8, 4) is 0 Å². The lowest BCUT2D eigenvalue weighted by Crippen LogP contribution is -2.47. The van der Waals surface area contributed by atoms with Crippen LogP contribution in [0.3, 0.4) is 0 Å². The molecule has 6 nitrogen and oxygen atoms in total. The summed E-state index contributed by atoms with van der Waals surface area (Å²) in [6.07, 6.45) is 0.732. The van der Waals surface area contributed by atoms with Gasteiger partial charge in [0.1, 0.15) is 0 Å². The number of hydroxylamine groups is 4. The summed E-state index contributed by atoms with van der Waals surface area (Å²) >= 11 is 0. The second kappa shape index (κ2) is 6.44. The van der Waals surface area contributed by atoms with Gasteiger partial charge in [0.25, 0.3) is 0 Å². The number of nitrogens with zero attached hydrogens (tertiary/aromatic N) is 2.